The molecule has 0 unspecified atom stereocenters. The fourth-order valence-corrected chi connectivity index (χ4v) is 3.98. The highest BCUT2D eigenvalue weighted by atomic mass is 16.5. The minimum absolute atomic E-state index is 0.0955. The molecule has 1 aromatic rings. The molecule has 0 saturated heterocycles. The first kappa shape index (κ1) is 15.8. The summed E-state index contributed by atoms with van der Waals surface area (Å²) < 4.78 is 5.34. The number of hydrogen-bond donors (Lipinski definition) is 2. The highest BCUT2D eigenvalue weighted by Crippen LogP contribution is 2.49. The van der Waals surface area contributed by atoms with Gasteiger partial charge in [0.15, 0.2) is 0 Å². The fourth-order valence-electron chi connectivity index (χ4n) is 3.98. The van der Waals surface area contributed by atoms with Crippen molar-refractivity contribution in [2.45, 2.75) is 39.0 Å². The molecule has 1 aromatic carbocycles. The summed E-state index contributed by atoms with van der Waals surface area (Å²) in [7, 11) is 0. The lowest BCUT2D eigenvalue weighted by molar-refractivity contribution is -0.123. The Morgan fingerprint density at radius 3 is 2.52 bits per heavy atom. The number of ether oxygens (including phenoxy) is 1. The maximum absolute atomic E-state index is 12.0. The second kappa shape index (κ2) is 7.02. The molecular weight excluding hydrogens is 292 g/mol. The molecule has 0 radical (unpaired) electrons. The topological polar surface area (TPSA) is 67.4 Å². The molecule has 2 saturated carbocycles. The average molecular weight is 316 g/mol. The summed E-state index contributed by atoms with van der Waals surface area (Å²) in [5, 5.41) is 0. The highest BCUT2D eigenvalue weighted by molar-refractivity contribution is 5.95. The van der Waals surface area contributed by atoms with Gasteiger partial charge >= 0.3 is 0 Å². The third-order valence-corrected chi connectivity index (χ3v) is 5.08. The number of fused-ring (bicyclic) bond motifs is 2. The van der Waals surface area contributed by atoms with Crippen molar-refractivity contribution in [3.05, 3.63) is 29.8 Å². The zero-order valence-electron chi connectivity index (χ0n) is 13.5. The standard InChI is InChI=1S/C18H24N2O3/c1-2-23-16-7-5-13(6-8-16)18(22)20-19-17(21)11-15-10-12-3-4-14(15)9-12/h5-8,12,14-15H,2-4,9-11H2,1H3,(H,19,21)(H,20,22)/t12-,14-,15+/m1/s1. The molecule has 2 N–H and O–H groups in total. The highest BCUT2D eigenvalue weighted by Gasteiger charge is 2.40. The molecule has 5 nitrogen and oxygen atoms in total. The van der Waals surface area contributed by atoms with E-state index in [-0.39, 0.29) is 11.8 Å². The van der Waals surface area contributed by atoms with E-state index in [9.17, 15) is 9.59 Å². The van der Waals surface area contributed by atoms with Crippen molar-refractivity contribution in [3.8, 4) is 5.75 Å². The zero-order valence-corrected chi connectivity index (χ0v) is 13.5. The Kier molecular flexibility index (Phi) is 4.84. The van der Waals surface area contributed by atoms with Gasteiger partial charge in [-0.15, -0.1) is 0 Å². The number of benzene rings is 1. The van der Waals surface area contributed by atoms with Gasteiger partial charge in [0.25, 0.3) is 5.91 Å². The van der Waals surface area contributed by atoms with Crippen LogP contribution in [0.1, 0.15) is 49.4 Å². The van der Waals surface area contributed by atoms with Crippen molar-refractivity contribution in [3.63, 3.8) is 0 Å². The van der Waals surface area contributed by atoms with Crippen molar-refractivity contribution >= 4 is 11.8 Å². The Morgan fingerprint density at radius 1 is 1.13 bits per heavy atom. The van der Waals surface area contributed by atoms with Crippen molar-refractivity contribution < 1.29 is 14.3 Å². The molecule has 124 valence electrons. The van der Waals surface area contributed by atoms with Gasteiger partial charge in [-0.25, -0.2) is 0 Å². The van der Waals surface area contributed by atoms with Gasteiger partial charge in [0.05, 0.1) is 6.61 Å². The van der Waals surface area contributed by atoms with Gasteiger partial charge in [-0.3, -0.25) is 20.4 Å². The van der Waals surface area contributed by atoms with Crippen molar-refractivity contribution in [1.29, 1.82) is 0 Å². The summed E-state index contributed by atoms with van der Waals surface area (Å²) in [5.74, 6) is 2.36. The number of nitrogens with one attached hydrogen (secondary N) is 2. The second-order valence-electron chi connectivity index (χ2n) is 6.60. The number of carbonyl (C=O) groups excluding carboxylic acids is 2. The normalized spacial score (nSPS) is 25.2. The van der Waals surface area contributed by atoms with Gasteiger partial charge in [0.2, 0.25) is 5.91 Å². The number of hydrazine groups is 1. The van der Waals surface area contributed by atoms with E-state index in [0.717, 1.165) is 11.7 Å². The first-order valence-corrected chi connectivity index (χ1v) is 8.47. The van der Waals surface area contributed by atoms with E-state index >= 15 is 0 Å². The third-order valence-electron chi connectivity index (χ3n) is 5.08. The fraction of sp³-hybridized carbons (Fsp3) is 0.556. The minimum atomic E-state index is -0.311. The van der Waals surface area contributed by atoms with Gasteiger partial charge in [-0.05, 0) is 68.2 Å². The Balaban J connectivity index is 1.44. The molecule has 2 bridgehead atoms. The van der Waals surface area contributed by atoms with E-state index in [4.69, 9.17) is 4.74 Å². The van der Waals surface area contributed by atoms with E-state index in [1.807, 2.05) is 6.92 Å². The molecule has 3 rings (SSSR count). The summed E-state index contributed by atoms with van der Waals surface area (Å²) >= 11 is 0. The monoisotopic (exact) mass is 316 g/mol. The molecule has 23 heavy (non-hydrogen) atoms. The molecule has 5 heteroatoms. The van der Waals surface area contributed by atoms with Crippen LogP contribution in [0.15, 0.2) is 24.3 Å². The van der Waals surface area contributed by atoms with Crippen LogP contribution in [0.3, 0.4) is 0 Å². The van der Waals surface area contributed by atoms with Crippen LogP contribution < -0.4 is 15.6 Å². The van der Waals surface area contributed by atoms with E-state index in [1.54, 1.807) is 24.3 Å². The van der Waals surface area contributed by atoms with Crippen molar-refractivity contribution in [2.75, 3.05) is 6.61 Å². The van der Waals surface area contributed by atoms with Crippen LogP contribution in [0, 0.1) is 17.8 Å². The molecular formula is C18H24N2O3. The van der Waals surface area contributed by atoms with E-state index in [0.29, 0.717) is 30.4 Å². The molecule has 2 fully saturated rings. The summed E-state index contributed by atoms with van der Waals surface area (Å²) in [6, 6.07) is 6.86. The summed E-state index contributed by atoms with van der Waals surface area (Å²) in [4.78, 5) is 24.0. The molecule has 0 aromatic heterocycles. The zero-order chi connectivity index (χ0) is 16.2. The molecule has 0 heterocycles. The van der Waals surface area contributed by atoms with Crippen LogP contribution in [-0.2, 0) is 4.79 Å². The molecule has 3 atom stereocenters. The maximum Gasteiger partial charge on any atom is 0.269 e. The Hall–Kier alpha value is -2.04. The van der Waals surface area contributed by atoms with Gasteiger partial charge < -0.3 is 4.74 Å². The van der Waals surface area contributed by atoms with E-state index in [1.165, 1.54) is 25.7 Å². The lowest BCUT2D eigenvalue weighted by atomic mass is 9.86. The molecule has 2 aliphatic rings. The second-order valence-corrected chi connectivity index (χ2v) is 6.60. The van der Waals surface area contributed by atoms with E-state index in [2.05, 4.69) is 10.9 Å². The number of amides is 2. The van der Waals surface area contributed by atoms with Crippen molar-refractivity contribution in [1.82, 2.24) is 10.9 Å². The number of rotatable bonds is 5. The predicted molar refractivity (Wildman–Crippen MR) is 86.8 cm³/mol. The van der Waals surface area contributed by atoms with Crippen LogP contribution in [0.5, 0.6) is 5.75 Å². The number of carbonyl (C=O) groups is 2. The predicted octanol–water partition coefficient (Wildman–Crippen LogP) is 2.67. The SMILES string of the molecule is CCOc1ccc(C(=O)NNC(=O)C[C@@H]2C[C@@H]3CC[C@@H]2C3)cc1. The summed E-state index contributed by atoms with van der Waals surface area (Å²) in [6.07, 6.45) is 5.57. The summed E-state index contributed by atoms with van der Waals surface area (Å²) in [5.41, 5.74) is 5.52. The first-order chi connectivity index (χ1) is 11.2. The molecule has 0 aliphatic heterocycles. The lowest BCUT2D eigenvalue weighted by Crippen LogP contribution is -2.42. The van der Waals surface area contributed by atoms with Gasteiger partial charge in [-0.2, -0.15) is 0 Å². The first-order valence-electron chi connectivity index (χ1n) is 8.47. The molecule has 2 amide bonds. The largest absolute Gasteiger partial charge is 0.494 e. The Labute approximate surface area is 136 Å². The lowest BCUT2D eigenvalue weighted by Gasteiger charge is -2.20. The van der Waals surface area contributed by atoms with Gasteiger partial charge in [-0.1, -0.05) is 6.42 Å². The van der Waals surface area contributed by atoms with Gasteiger partial charge in [0, 0.05) is 12.0 Å². The molecule has 0 spiro atoms. The van der Waals surface area contributed by atoms with Crippen molar-refractivity contribution in [2.24, 2.45) is 17.8 Å². The molecule has 2 aliphatic carbocycles. The average Bonchev–Trinajstić information content (AvgIpc) is 3.16. The smallest absolute Gasteiger partial charge is 0.269 e. The summed E-state index contributed by atoms with van der Waals surface area (Å²) in [6.45, 7) is 2.50. The van der Waals surface area contributed by atoms with Crippen LogP contribution in [-0.4, -0.2) is 18.4 Å². The Morgan fingerprint density at radius 2 is 1.91 bits per heavy atom. The van der Waals surface area contributed by atoms with E-state index < -0.39 is 0 Å². The van der Waals surface area contributed by atoms with Crippen LogP contribution in [0.4, 0.5) is 0 Å². The number of hydrogen-bond acceptors (Lipinski definition) is 3. The van der Waals surface area contributed by atoms with Crippen LogP contribution in [0.25, 0.3) is 0 Å². The van der Waals surface area contributed by atoms with Crippen LogP contribution >= 0.6 is 0 Å². The quantitative estimate of drug-likeness (QED) is 0.821. The minimum Gasteiger partial charge on any atom is -0.494 e. The van der Waals surface area contributed by atoms with Crippen LogP contribution in [0.2, 0.25) is 0 Å². The Bertz CT molecular complexity index is 570. The maximum atomic E-state index is 12.0. The third kappa shape index (κ3) is 3.84. The van der Waals surface area contributed by atoms with Gasteiger partial charge in [0.1, 0.15) is 5.75 Å².